The topological polar surface area (TPSA) is 116 Å². The Labute approximate surface area is 190 Å². The largest absolute Gasteiger partial charge is 0.326 e. The van der Waals surface area contributed by atoms with Gasteiger partial charge >= 0.3 is 0 Å². The number of fused-ring (bicyclic) bond motifs is 1. The predicted molar refractivity (Wildman–Crippen MR) is 121 cm³/mol. The van der Waals surface area contributed by atoms with E-state index in [1.54, 1.807) is 42.5 Å². The fourth-order valence-electron chi connectivity index (χ4n) is 3.21. The summed E-state index contributed by atoms with van der Waals surface area (Å²) in [7, 11) is 0. The van der Waals surface area contributed by atoms with Crippen LogP contribution in [0.2, 0.25) is 15.1 Å². The molecular formula is C20H14Cl3N5O3. The van der Waals surface area contributed by atoms with E-state index in [0.29, 0.717) is 26.4 Å². The molecule has 0 saturated carbocycles. The van der Waals surface area contributed by atoms with Gasteiger partial charge in [-0.1, -0.05) is 40.9 Å². The van der Waals surface area contributed by atoms with Gasteiger partial charge in [0.05, 0.1) is 11.5 Å². The molecule has 8 nitrogen and oxygen atoms in total. The average Bonchev–Trinajstić information content (AvgIpc) is 2.66. The Bertz CT molecular complexity index is 1240. The third kappa shape index (κ3) is 4.82. The highest BCUT2D eigenvalue weighted by Gasteiger charge is 2.34. The van der Waals surface area contributed by atoms with Crippen LogP contribution in [0.3, 0.4) is 0 Å². The standard InChI is InChI=1S/C20H14Cl3N5O3/c21-9-2-1-3-12(5-9)24-18(30)14-8-15(29)26-17-16(14)19(31)28-20(27-17)25-13-6-10(22)4-11(23)7-13/h1-7,14H,8H2,(H,24,30)(H3,25,26,27,28,29,31). The van der Waals surface area contributed by atoms with Crippen LogP contribution in [0.4, 0.5) is 23.1 Å². The molecule has 0 fully saturated rings. The van der Waals surface area contributed by atoms with Crippen molar-refractivity contribution in [1.82, 2.24) is 9.97 Å². The molecular weight excluding hydrogens is 465 g/mol. The maximum atomic E-state index is 12.8. The molecule has 0 bridgehead atoms. The van der Waals surface area contributed by atoms with Crippen LogP contribution in [0.25, 0.3) is 0 Å². The monoisotopic (exact) mass is 477 g/mol. The van der Waals surface area contributed by atoms with Gasteiger partial charge in [0.2, 0.25) is 17.8 Å². The van der Waals surface area contributed by atoms with E-state index in [4.69, 9.17) is 34.8 Å². The number of aromatic nitrogens is 2. The van der Waals surface area contributed by atoms with Gasteiger partial charge in [-0.3, -0.25) is 19.4 Å². The van der Waals surface area contributed by atoms with Crippen molar-refractivity contribution >= 4 is 69.8 Å². The van der Waals surface area contributed by atoms with Gasteiger partial charge in [0.1, 0.15) is 5.82 Å². The highest BCUT2D eigenvalue weighted by atomic mass is 35.5. The Morgan fingerprint density at radius 1 is 1.00 bits per heavy atom. The molecule has 0 spiro atoms. The first-order valence-corrected chi connectivity index (χ1v) is 10.2. The second-order valence-electron chi connectivity index (χ2n) is 6.76. The van der Waals surface area contributed by atoms with Crippen molar-refractivity contribution in [2.75, 3.05) is 16.0 Å². The summed E-state index contributed by atoms with van der Waals surface area (Å²) in [6, 6.07) is 11.3. The van der Waals surface area contributed by atoms with Crippen LogP contribution in [0.15, 0.2) is 47.3 Å². The summed E-state index contributed by atoms with van der Waals surface area (Å²) in [6.45, 7) is 0. The highest BCUT2D eigenvalue weighted by molar-refractivity contribution is 6.35. The lowest BCUT2D eigenvalue weighted by molar-refractivity contribution is -0.123. The summed E-state index contributed by atoms with van der Waals surface area (Å²) >= 11 is 17.9. The number of amides is 2. The van der Waals surface area contributed by atoms with Crippen molar-refractivity contribution in [2.24, 2.45) is 0 Å². The van der Waals surface area contributed by atoms with Crippen molar-refractivity contribution < 1.29 is 9.59 Å². The molecule has 0 saturated heterocycles. The number of hydrogen-bond acceptors (Lipinski definition) is 5. The Morgan fingerprint density at radius 2 is 1.71 bits per heavy atom. The van der Waals surface area contributed by atoms with Crippen LogP contribution in [-0.2, 0) is 9.59 Å². The van der Waals surface area contributed by atoms with Gasteiger partial charge in [-0.05, 0) is 36.4 Å². The summed E-state index contributed by atoms with van der Waals surface area (Å²) in [5.41, 5.74) is 0.434. The molecule has 2 amide bonds. The number of nitrogens with one attached hydrogen (secondary N) is 4. The first-order chi connectivity index (χ1) is 14.8. The number of H-pyrrole nitrogens is 1. The maximum absolute atomic E-state index is 12.8. The minimum atomic E-state index is -1.02. The lowest BCUT2D eigenvalue weighted by Gasteiger charge is -2.23. The summed E-state index contributed by atoms with van der Waals surface area (Å²) in [4.78, 5) is 44.7. The predicted octanol–water partition coefficient (Wildman–Crippen LogP) is 4.54. The van der Waals surface area contributed by atoms with Gasteiger partial charge in [0.15, 0.2) is 0 Å². The van der Waals surface area contributed by atoms with E-state index >= 15 is 0 Å². The molecule has 2 aromatic carbocycles. The fraction of sp³-hybridized carbons (Fsp3) is 0.100. The van der Waals surface area contributed by atoms with Crippen LogP contribution in [-0.4, -0.2) is 21.8 Å². The number of rotatable bonds is 4. The van der Waals surface area contributed by atoms with E-state index in [1.807, 2.05) is 0 Å². The summed E-state index contributed by atoms with van der Waals surface area (Å²) < 4.78 is 0. The molecule has 31 heavy (non-hydrogen) atoms. The minimum absolute atomic E-state index is 0.00173. The van der Waals surface area contributed by atoms with Crippen molar-refractivity contribution in [2.45, 2.75) is 12.3 Å². The van der Waals surface area contributed by atoms with Gasteiger partial charge in [-0.25, -0.2) is 0 Å². The van der Waals surface area contributed by atoms with Gasteiger partial charge in [-0.15, -0.1) is 0 Å². The van der Waals surface area contributed by atoms with Crippen LogP contribution < -0.4 is 21.5 Å². The lowest BCUT2D eigenvalue weighted by Crippen LogP contribution is -2.36. The van der Waals surface area contributed by atoms with Gasteiger partial charge in [0.25, 0.3) is 5.56 Å². The third-order valence-corrected chi connectivity index (χ3v) is 5.16. The first kappa shape index (κ1) is 21.2. The minimum Gasteiger partial charge on any atom is -0.326 e. The number of benzene rings is 2. The normalized spacial score (nSPS) is 15.1. The molecule has 1 aromatic heterocycles. The maximum Gasteiger partial charge on any atom is 0.258 e. The molecule has 0 aliphatic carbocycles. The summed E-state index contributed by atoms with van der Waals surface area (Å²) in [5, 5.41) is 9.32. The lowest BCUT2D eigenvalue weighted by atomic mass is 9.92. The van der Waals surface area contributed by atoms with E-state index in [2.05, 4.69) is 25.9 Å². The van der Waals surface area contributed by atoms with Crippen LogP contribution in [0.1, 0.15) is 17.9 Å². The smallest absolute Gasteiger partial charge is 0.258 e. The van der Waals surface area contributed by atoms with E-state index in [1.165, 1.54) is 0 Å². The molecule has 4 N–H and O–H groups in total. The van der Waals surface area contributed by atoms with E-state index in [9.17, 15) is 14.4 Å². The first-order valence-electron chi connectivity index (χ1n) is 9.02. The van der Waals surface area contributed by atoms with Crippen molar-refractivity contribution in [3.05, 3.63) is 73.4 Å². The average molecular weight is 479 g/mol. The van der Waals surface area contributed by atoms with Crippen LogP contribution in [0, 0.1) is 0 Å². The number of carbonyl (C=O) groups is 2. The number of carbonyl (C=O) groups excluding carboxylic acids is 2. The van der Waals surface area contributed by atoms with Gasteiger partial charge in [-0.2, -0.15) is 4.98 Å². The fourth-order valence-corrected chi connectivity index (χ4v) is 3.93. The van der Waals surface area contributed by atoms with E-state index in [0.717, 1.165) is 0 Å². The number of hydrogen-bond donors (Lipinski definition) is 4. The second-order valence-corrected chi connectivity index (χ2v) is 8.07. The number of anilines is 4. The Hall–Kier alpha value is -3.07. The van der Waals surface area contributed by atoms with Crippen LogP contribution in [0.5, 0.6) is 0 Å². The third-order valence-electron chi connectivity index (χ3n) is 4.49. The zero-order valence-electron chi connectivity index (χ0n) is 15.6. The van der Waals surface area contributed by atoms with Crippen molar-refractivity contribution in [1.29, 1.82) is 0 Å². The number of nitrogens with zero attached hydrogens (tertiary/aromatic N) is 1. The zero-order chi connectivity index (χ0) is 22.1. The molecule has 11 heteroatoms. The molecule has 1 aliphatic rings. The zero-order valence-corrected chi connectivity index (χ0v) is 17.9. The Morgan fingerprint density at radius 3 is 2.42 bits per heavy atom. The number of halogens is 3. The summed E-state index contributed by atoms with van der Waals surface area (Å²) in [5.74, 6) is -1.92. The van der Waals surface area contributed by atoms with Crippen LogP contribution >= 0.6 is 34.8 Å². The highest BCUT2D eigenvalue weighted by Crippen LogP contribution is 2.31. The van der Waals surface area contributed by atoms with E-state index in [-0.39, 0.29) is 23.8 Å². The molecule has 2 heterocycles. The SMILES string of the molecule is O=C1CC(C(=O)Nc2cccc(Cl)c2)c2c(nc(Nc3cc(Cl)cc(Cl)c3)[nH]c2=O)N1. The summed E-state index contributed by atoms with van der Waals surface area (Å²) in [6.07, 6.45) is -0.194. The molecule has 0 radical (unpaired) electrons. The Kier molecular flexibility index (Phi) is 5.86. The number of aromatic amines is 1. The molecule has 158 valence electrons. The van der Waals surface area contributed by atoms with Gasteiger partial charge in [0, 0.05) is 32.9 Å². The van der Waals surface area contributed by atoms with Gasteiger partial charge < -0.3 is 16.0 Å². The molecule has 4 rings (SSSR count). The molecule has 3 aromatic rings. The molecule has 1 unspecified atom stereocenters. The quantitative estimate of drug-likeness (QED) is 0.439. The van der Waals surface area contributed by atoms with E-state index < -0.39 is 23.3 Å². The van der Waals surface area contributed by atoms with Crippen molar-refractivity contribution in [3.8, 4) is 0 Å². The second kappa shape index (κ2) is 8.58. The Balaban J connectivity index is 1.65. The molecule has 1 aliphatic heterocycles. The van der Waals surface area contributed by atoms with Crippen molar-refractivity contribution in [3.63, 3.8) is 0 Å². The molecule has 1 atom stereocenters.